The van der Waals surface area contributed by atoms with Gasteiger partial charge in [-0.15, -0.1) is 0 Å². The molecule has 1 amide bonds. The maximum absolute atomic E-state index is 13.6. The molecule has 0 spiro atoms. The van der Waals surface area contributed by atoms with Crippen LogP contribution in [0.2, 0.25) is 0 Å². The molecule has 1 aliphatic rings. The van der Waals surface area contributed by atoms with E-state index in [1.807, 2.05) is 43.5 Å². The van der Waals surface area contributed by atoms with E-state index in [4.69, 9.17) is 9.47 Å². The average Bonchev–Trinajstić information content (AvgIpc) is 3.36. The van der Waals surface area contributed by atoms with E-state index in [0.29, 0.717) is 26.3 Å². The highest BCUT2D eigenvalue weighted by atomic mass is 16.5. The van der Waals surface area contributed by atoms with Crippen molar-refractivity contribution in [2.24, 2.45) is 0 Å². The summed E-state index contributed by atoms with van der Waals surface area (Å²) in [6.07, 6.45) is 4.93. The Balaban J connectivity index is 1.38. The second kappa shape index (κ2) is 13.3. The third-order valence-electron chi connectivity index (χ3n) is 7.35. The predicted octanol–water partition coefficient (Wildman–Crippen LogP) is 6.13. The molecule has 0 fully saturated rings. The van der Waals surface area contributed by atoms with Gasteiger partial charge < -0.3 is 18.9 Å². The Hall–Kier alpha value is -3.77. The maximum atomic E-state index is 13.6. The van der Waals surface area contributed by atoms with Crippen molar-refractivity contribution in [1.29, 1.82) is 0 Å². The van der Waals surface area contributed by atoms with Crippen molar-refractivity contribution < 1.29 is 14.3 Å². The second-order valence-corrected chi connectivity index (χ2v) is 10.2. The minimum absolute atomic E-state index is 0.168. The number of ether oxygens (including phenoxy) is 2. The predicted molar refractivity (Wildman–Crippen MR) is 156 cm³/mol. The fraction of sp³-hybridized carbons (Fsp3) is 0.364. The lowest BCUT2D eigenvalue weighted by atomic mass is 10.1. The van der Waals surface area contributed by atoms with Crippen LogP contribution in [0, 0.1) is 0 Å². The van der Waals surface area contributed by atoms with Crippen molar-refractivity contribution in [3.8, 4) is 11.5 Å². The monoisotopic (exact) mass is 525 g/mol. The Bertz CT molecular complexity index is 1350. The molecule has 1 aliphatic heterocycles. The van der Waals surface area contributed by atoms with Crippen molar-refractivity contribution in [3.05, 3.63) is 96.2 Å². The van der Waals surface area contributed by atoms with Gasteiger partial charge in [-0.25, -0.2) is 0 Å². The molecule has 4 aromatic rings. The van der Waals surface area contributed by atoms with Gasteiger partial charge in [0.1, 0.15) is 6.54 Å². The Labute approximate surface area is 231 Å². The smallest absolute Gasteiger partial charge is 0.242 e. The summed E-state index contributed by atoms with van der Waals surface area (Å²) in [5.41, 5.74) is 3.47. The minimum atomic E-state index is 0.168. The Morgan fingerprint density at radius 1 is 0.872 bits per heavy atom. The summed E-state index contributed by atoms with van der Waals surface area (Å²) in [7, 11) is 0. The van der Waals surface area contributed by atoms with Crippen LogP contribution in [0.25, 0.3) is 10.9 Å². The number of hydrogen-bond acceptors (Lipinski definition) is 4. The molecule has 3 aromatic carbocycles. The average molecular weight is 526 g/mol. The van der Waals surface area contributed by atoms with Crippen molar-refractivity contribution >= 4 is 16.8 Å². The van der Waals surface area contributed by atoms with Gasteiger partial charge in [-0.3, -0.25) is 9.69 Å². The molecule has 0 atom stereocenters. The van der Waals surface area contributed by atoms with E-state index in [1.54, 1.807) is 0 Å². The standard InChI is InChI=1S/C33H39N3O3/c1-2-38-31-17-11-15-29-25-34(24-27-12-5-3-6-13-27)21-22-35(19-9-4-10-23-39-33(29)31)32(37)26-36-20-18-28-14-7-8-16-30(28)36/h3,5-8,11-18,20H,2,4,9-10,19,21-26H2,1H3. The fourth-order valence-corrected chi connectivity index (χ4v) is 5.32. The Morgan fingerprint density at radius 3 is 2.59 bits per heavy atom. The highest BCUT2D eigenvalue weighted by Crippen LogP contribution is 2.33. The van der Waals surface area contributed by atoms with Crippen molar-refractivity contribution in [2.45, 2.75) is 45.8 Å². The number of para-hydroxylation sites is 2. The van der Waals surface area contributed by atoms with Gasteiger partial charge in [0.05, 0.1) is 13.2 Å². The molecule has 0 N–H and O–H groups in total. The molecule has 5 rings (SSSR count). The van der Waals surface area contributed by atoms with E-state index in [1.165, 1.54) is 5.56 Å². The van der Waals surface area contributed by atoms with Crippen LogP contribution in [0.4, 0.5) is 0 Å². The first-order valence-electron chi connectivity index (χ1n) is 14.2. The van der Waals surface area contributed by atoms with Crippen LogP contribution in [0.15, 0.2) is 85.1 Å². The van der Waals surface area contributed by atoms with E-state index in [9.17, 15) is 4.79 Å². The van der Waals surface area contributed by atoms with Crippen molar-refractivity contribution in [2.75, 3.05) is 32.8 Å². The summed E-state index contributed by atoms with van der Waals surface area (Å²) >= 11 is 0. The molecule has 1 aromatic heterocycles. The molecular weight excluding hydrogens is 486 g/mol. The zero-order valence-corrected chi connectivity index (χ0v) is 22.9. The molecule has 0 bridgehead atoms. The van der Waals surface area contributed by atoms with Crippen LogP contribution < -0.4 is 9.47 Å². The van der Waals surface area contributed by atoms with Gasteiger partial charge >= 0.3 is 0 Å². The third-order valence-corrected chi connectivity index (χ3v) is 7.35. The summed E-state index contributed by atoms with van der Waals surface area (Å²) in [4.78, 5) is 18.1. The zero-order chi connectivity index (χ0) is 26.9. The molecule has 0 unspecified atom stereocenters. The second-order valence-electron chi connectivity index (χ2n) is 10.2. The number of carbonyl (C=O) groups excluding carboxylic acids is 1. The van der Waals surface area contributed by atoms with Crippen molar-refractivity contribution in [1.82, 2.24) is 14.4 Å². The van der Waals surface area contributed by atoms with Crippen LogP contribution in [0.3, 0.4) is 0 Å². The topological polar surface area (TPSA) is 46.9 Å². The van der Waals surface area contributed by atoms with Gasteiger partial charge in [-0.05, 0) is 55.3 Å². The normalized spacial score (nSPS) is 15.5. The number of amides is 1. The van der Waals surface area contributed by atoms with E-state index in [0.717, 1.165) is 73.4 Å². The van der Waals surface area contributed by atoms with E-state index < -0.39 is 0 Å². The van der Waals surface area contributed by atoms with Gasteiger partial charge in [-0.2, -0.15) is 0 Å². The quantitative estimate of drug-likeness (QED) is 0.304. The Morgan fingerprint density at radius 2 is 1.72 bits per heavy atom. The van der Waals surface area contributed by atoms with Crippen LogP contribution in [0.5, 0.6) is 11.5 Å². The summed E-state index contributed by atoms with van der Waals surface area (Å²) in [6.45, 7) is 7.32. The van der Waals surface area contributed by atoms with E-state index >= 15 is 0 Å². The lowest BCUT2D eigenvalue weighted by Gasteiger charge is -2.29. The highest BCUT2D eigenvalue weighted by Gasteiger charge is 2.20. The minimum Gasteiger partial charge on any atom is -0.490 e. The SMILES string of the molecule is CCOc1cccc2c1OCCCCCN(C(=O)Cn1ccc3ccccc31)CCN(Cc1ccccc1)C2. The maximum Gasteiger partial charge on any atom is 0.242 e. The largest absolute Gasteiger partial charge is 0.490 e. The summed E-state index contributed by atoms with van der Waals surface area (Å²) in [6, 6.07) is 27.0. The van der Waals surface area contributed by atoms with Crippen molar-refractivity contribution in [3.63, 3.8) is 0 Å². The first-order chi connectivity index (χ1) is 19.2. The lowest BCUT2D eigenvalue weighted by molar-refractivity contribution is -0.132. The zero-order valence-electron chi connectivity index (χ0n) is 22.9. The molecular formula is C33H39N3O3. The van der Waals surface area contributed by atoms with Crippen LogP contribution in [-0.4, -0.2) is 53.1 Å². The van der Waals surface area contributed by atoms with Gasteiger partial charge in [0, 0.05) is 50.0 Å². The molecule has 2 heterocycles. The van der Waals surface area contributed by atoms with E-state index in [2.05, 4.69) is 62.9 Å². The molecule has 204 valence electrons. The first-order valence-corrected chi connectivity index (χ1v) is 14.2. The number of aromatic nitrogens is 1. The number of hydrogen-bond donors (Lipinski definition) is 0. The van der Waals surface area contributed by atoms with Crippen LogP contribution in [-0.2, 0) is 24.4 Å². The van der Waals surface area contributed by atoms with Gasteiger partial charge in [0.2, 0.25) is 5.91 Å². The van der Waals surface area contributed by atoms with Crippen LogP contribution in [0.1, 0.15) is 37.3 Å². The van der Waals surface area contributed by atoms with Gasteiger partial charge in [0.25, 0.3) is 0 Å². The highest BCUT2D eigenvalue weighted by molar-refractivity contribution is 5.83. The number of nitrogens with zero attached hydrogens (tertiary/aromatic N) is 3. The molecule has 0 radical (unpaired) electrons. The number of benzene rings is 3. The molecule has 0 saturated carbocycles. The molecule has 0 aliphatic carbocycles. The summed E-state index contributed by atoms with van der Waals surface area (Å²) in [5.74, 6) is 1.82. The van der Waals surface area contributed by atoms with Crippen LogP contribution >= 0.6 is 0 Å². The summed E-state index contributed by atoms with van der Waals surface area (Å²) in [5, 5.41) is 1.16. The van der Waals surface area contributed by atoms with E-state index in [-0.39, 0.29) is 5.91 Å². The molecule has 0 saturated heterocycles. The number of carbonyl (C=O) groups is 1. The Kier molecular flexibility index (Phi) is 9.17. The molecule has 39 heavy (non-hydrogen) atoms. The third kappa shape index (κ3) is 7.01. The van der Waals surface area contributed by atoms with Gasteiger partial charge in [0.15, 0.2) is 11.5 Å². The fourth-order valence-electron chi connectivity index (χ4n) is 5.32. The lowest BCUT2D eigenvalue weighted by Crippen LogP contribution is -2.40. The first kappa shape index (κ1) is 26.8. The number of rotatable bonds is 6. The number of fused-ring (bicyclic) bond motifs is 2. The van der Waals surface area contributed by atoms with Gasteiger partial charge in [-0.1, -0.05) is 60.7 Å². The molecule has 6 nitrogen and oxygen atoms in total. The molecule has 6 heteroatoms. The summed E-state index contributed by atoms with van der Waals surface area (Å²) < 4.78 is 14.3.